The van der Waals surface area contributed by atoms with Gasteiger partial charge in [0.05, 0.1) is 22.1 Å². The third-order valence-electron chi connectivity index (χ3n) is 21.8. The maximum atomic E-state index is 2.55. The van der Waals surface area contributed by atoms with Gasteiger partial charge < -0.3 is 18.9 Å². The van der Waals surface area contributed by atoms with Crippen molar-refractivity contribution in [2.45, 2.75) is 105 Å². The van der Waals surface area contributed by atoms with Gasteiger partial charge in [0.25, 0.3) is 0 Å². The number of fused-ring (bicyclic) bond motifs is 8. The van der Waals surface area contributed by atoms with Gasteiger partial charge in [-0.05, 0) is 231 Å². The van der Waals surface area contributed by atoms with Gasteiger partial charge >= 0.3 is 0 Å². The number of rotatable bonds is 12. The van der Waals surface area contributed by atoms with E-state index in [0.717, 1.165) is 100 Å². The quantitative estimate of drug-likeness (QED) is 0.113. The molecule has 106 heavy (non-hydrogen) atoms. The fourth-order valence-corrected chi connectivity index (χ4v) is 16.2. The summed E-state index contributed by atoms with van der Waals surface area (Å²) in [5.74, 6) is 0. The van der Waals surface area contributed by atoms with E-state index < -0.39 is 0 Å². The molecule has 0 amide bonds. The molecule has 0 aliphatic heterocycles. The summed E-state index contributed by atoms with van der Waals surface area (Å²) in [5, 5.41) is 9.41. The summed E-state index contributed by atoms with van der Waals surface area (Å²) in [7, 11) is 0. The molecule has 4 heteroatoms. The number of benzene rings is 15. The van der Waals surface area contributed by atoms with E-state index in [0.29, 0.717) is 0 Å². The molecule has 2 heterocycles. The molecule has 0 aliphatic rings. The van der Waals surface area contributed by atoms with Crippen LogP contribution in [0.3, 0.4) is 0 Å². The summed E-state index contributed by atoms with van der Waals surface area (Å²) < 4.78 is 4.84. The highest BCUT2D eigenvalue weighted by atomic mass is 15.2. The minimum Gasteiger partial charge on any atom is -0.310 e. The third kappa shape index (κ3) is 12.0. The van der Waals surface area contributed by atoms with Gasteiger partial charge in [-0.3, -0.25) is 0 Å². The van der Waals surface area contributed by atoms with Crippen molar-refractivity contribution in [2.24, 2.45) is 0 Å². The van der Waals surface area contributed by atoms with Crippen LogP contribution in [0.5, 0.6) is 0 Å². The van der Waals surface area contributed by atoms with Gasteiger partial charge in [0.15, 0.2) is 0 Å². The fourth-order valence-electron chi connectivity index (χ4n) is 16.2. The maximum Gasteiger partial charge on any atom is 0.0542 e. The number of hydrogen-bond acceptors (Lipinski definition) is 2. The molecule has 0 N–H and O–H groups in total. The number of anilines is 6. The van der Waals surface area contributed by atoms with Crippen molar-refractivity contribution in [3.63, 3.8) is 0 Å². The summed E-state index contributed by atoms with van der Waals surface area (Å²) in [6.07, 6.45) is 0. The minimum atomic E-state index is -0.152. The number of aromatic nitrogens is 2. The van der Waals surface area contributed by atoms with Crippen LogP contribution in [0.15, 0.2) is 328 Å². The van der Waals surface area contributed by atoms with Crippen molar-refractivity contribution in [1.29, 1.82) is 0 Å². The highest BCUT2D eigenvalue weighted by Crippen LogP contribution is 2.53. The first-order chi connectivity index (χ1) is 51.1. The Kier molecular flexibility index (Phi) is 16.5. The lowest BCUT2D eigenvalue weighted by molar-refractivity contribution is 0.568. The second-order valence-corrected chi connectivity index (χ2v) is 33.0. The van der Waals surface area contributed by atoms with Crippen LogP contribution in [0.1, 0.15) is 105 Å². The minimum absolute atomic E-state index is 0.152. The van der Waals surface area contributed by atoms with E-state index in [1.54, 1.807) is 0 Å². The normalized spacial score (nSPS) is 12.3. The topological polar surface area (TPSA) is 16.3 Å². The molecule has 0 fully saturated rings. The first-order valence-corrected chi connectivity index (χ1v) is 37.6. The van der Waals surface area contributed by atoms with Crippen LogP contribution in [0.25, 0.3) is 121 Å². The number of hydrogen-bond donors (Lipinski definition) is 0. The highest BCUT2D eigenvalue weighted by Gasteiger charge is 2.30. The molecule has 0 saturated carbocycles. The van der Waals surface area contributed by atoms with E-state index in [2.05, 4.69) is 430 Å². The van der Waals surface area contributed by atoms with E-state index >= 15 is 0 Å². The standard InChI is InChI=1S/C102H90N4/c1-99(2,3)69-57-70(100(4,5)6)60-79(59-69)103(77-51-55-95-89(63-77)83-43-29-31-47-93(83)105(95)73-37-21-15-22-38-73)75-49-53-87-91(65-75)97(85-45-27-25-41-81(85)67-33-17-13-18-34-67)88-54-50-76(66-92(88)98(87)86-46-28-26-42-82(86)68-35-19-14-20-36-68)104(80-61-71(101(7,8)9)58-72(62-80)102(10,11)12)78-52-56-96-90(64-78)84-44-30-32-48-94(84)106(96)74-39-23-16-24-40-74/h13-66H,1-12H3. The van der Waals surface area contributed by atoms with Crippen LogP contribution in [0.4, 0.5) is 34.1 Å². The van der Waals surface area contributed by atoms with Crippen LogP contribution in [0, 0.1) is 0 Å². The van der Waals surface area contributed by atoms with Gasteiger partial charge in [-0.15, -0.1) is 0 Å². The molecule has 4 nitrogen and oxygen atoms in total. The van der Waals surface area contributed by atoms with E-state index in [4.69, 9.17) is 0 Å². The molecule has 0 radical (unpaired) electrons. The second-order valence-electron chi connectivity index (χ2n) is 33.0. The average molecular weight is 1370 g/mol. The first-order valence-electron chi connectivity index (χ1n) is 37.6. The van der Waals surface area contributed by atoms with Crippen LogP contribution >= 0.6 is 0 Å². The first kappa shape index (κ1) is 67.2. The Balaban J connectivity index is 1.01. The van der Waals surface area contributed by atoms with Gasteiger partial charge in [0.1, 0.15) is 0 Å². The molecular weight excluding hydrogens is 1280 g/mol. The van der Waals surface area contributed by atoms with Crippen molar-refractivity contribution >= 4 is 99.3 Å². The van der Waals surface area contributed by atoms with Gasteiger partial charge in [-0.1, -0.05) is 289 Å². The zero-order valence-corrected chi connectivity index (χ0v) is 63.0. The van der Waals surface area contributed by atoms with Gasteiger partial charge in [-0.25, -0.2) is 0 Å². The van der Waals surface area contributed by atoms with E-state index in [1.165, 1.54) is 77.1 Å². The molecule has 0 saturated heterocycles. The lowest BCUT2D eigenvalue weighted by Gasteiger charge is -2.32. The molecule has 2 aromatic heterocycles. The Morgan fingerprint density at radius 2 is 0.472 bits per heavy atom. The molecule has 0 unspecified atom stereocenters. The zero-order valence-electron chi connectivity index (χ0n) is 63.0. The maximum absolute atomic E-state index is 2.55. The van der Waals surface area contributed by atoms with Crippen LogP contribution in [-0.2, 0) is 21.7 Å². The molecule has 518 valence electrons. The monoisotopic (exact) mass is 1370 g/mol. The van der Waals surface area contributed by atoms with Gasteiger partial charge in [0.2, 0.25) is 0 Å². The lowest BCUT2D eigenvalue weighted by Crippen LogP contribution is -2.19. The molecule has 0 aliphatic carbocycles. The molecule has 15 aromatic carbocycles. The van der Waals surface area contributed by atoms with Gasteiger partial charge in [-0.2, -0.15) is 0 Å². The molecule has 0 spiro atoms. The summed E-state index contributed by atoms with van der Waals surface area (Å²) in [4.78, 5) is 5.11. The summed E-state index contributed by atoms with van der Waals surface area (Å²) >= 11 is 0. The van der Waals surface area contributed by atoms with E-state index in [-0.39, 0.29) is 21.7 Å². The Hall–Kier alpha value is -12.0. The van der Waals surface area contributed by atoms with Crippen molar-refractivity contribution in [3.8, 4) is 55.9 Å². The van der Waals surface area contributed by atoms with Crippen molar-refractivity contribution in [3.05, 3.63) is 350 Å². The smallest absolute Gasteiger partial charge is 0.0542 e. The zero-order chi connectivity index (χ0) is 73.0. The molecule has 0 bridgehead atoms. The predicted octanol–water partition coefficient (Wildman–Crippen LogP) is 29.0. The SMILES string of the molecule is CC(C)(C)c1cc(N(c2ccc3c(-c4ccccc4-c4ccccc4)c4cc(N(c5cc(C(C)(C)C)cc(C(C)(C)C)c5)c5ccc6c(c5)c5ccccc5n6-c5ccccc5)ccc4c(-c4ccccc4-c4ccccc4)c3c2)c2ccc3c(c2)c2ccccc2n3-c2ccccc2)cc(C(C)(C)C)c1. The summed E-state index contributed by atoms with van der Waals surface area (Å²) in [6, 6.07) is 124. The Labute approximate surface area is 624 Å². The van der Waals surface area contributed by atoms with Gasteiger partial charge in [0, 0.05) is 67.0 Å². The lowest BCUT2D eigenvalue weighted by atomic mass is 9.80. The largest absolute Gasteiger partial charge is 0.310 e. The summed E-state index contributed by atoms with van der Waals surface area (Å²) in [5.41, 5.74) is 27.3. The number of para-hydroxylation sites is 4. The number of nitrogens with zero attached hydrogens (tertiary/aromatic N) is 4. The van der Waals surface area contributed by atoms with Crippen molar-refractivity contribution in [1.82, 2.24) is 9.13 Å². The summed E-state index contributed by atoms with van der Waals surface area (Å²) in [6.45, 7) is 28.2. The Morgan fingerprint density at radius 3 is 0.811 bits per heavy atom. The third-order valence-corrected chi connectivity index (χ3v) is 21.8. The molecule has 17 aromatic rings. The Morgan fingerprint density at radius 1 is 0.198 bits per heavy atom. The average Bonchev–Trinajstić information content (AvgIpc) is 0.830. The molecule has 0 atom stereocenters. The van der Waals surface area contributed by atoms with Crippen LogP contribution in [-0.4, -0.2) is 9.13 Å². The predicted molar refractivity (Wildman–Crippen MR) is 456 cm³/mol. The second kappa shape index (κ2) is 26.0. The van der Waals surface area contributed by atoms with Crippen LogP contribution in [0.2, 0.25) is 0 Å². The van der Waals surface area contributed by atoms with E-state index in [9.17, 15) is 0 Å². The molecular formula is C102H90N4. The fraction of sp³-hybridized carbons (Fsp3) is 0.157. The van der Waals surface area contributed by atoms with E-state index in [1.807, 2.05) is 0 Å². The Bertz CT molecular complexity index is 5780. The molecule has 17 rings (SSSR count). The van der Waals surface area contributed by atoms with Crippen LogP contribution < -0.4 is 9.80 Å². The van der Waals surface area contributed by atoms with Crippen molar-refractivity contribution < 1.29 is 0 Å². The van der Waals surface area contributed by atoms with Crippen molar-refractivity contribution in [2.75, 3.05) is 9.80 Å². The highest BCUT2D eigenvalue weighted by molar-refractivity contribution is 6.25.